The highest BCUT2D eigenvalue weighted by Gasteiger charge is 2.32. The standard InChI is InChI=1S/C20H34N4O2.HI/c1-21-20(22-14-17(23(2)3)16-8-9-16)24(4)12-11-15-7-10-18(25-5)19(13-15)26-6;/h7,10,13,16-17H,8-9,11-12,14H2,1-6H3,(H,21,22);1H. The van der Waals surface area contributed by atoms with Gasteiger partial charge in [0.25, 0.3) is 0 Å². The Hall–Kier alpha value is -1.22. The van der Waals surface area contributed by atoms with Gasteiger partial charge in [0.2, 0.25) is 0 Å². The molecule has 1 unspecified atom stereocenters. The van der Waals surface area contributed by atoms with E-state index in [2.05, 4.69) is 47.3 Å². The lowest BCUT2D eigenvalue weighted by atomic mass is 10.1. The Bertz CT molecular complexity index is 604. The SMILES string of the molecule is CN=C(NCC(C1CC1)N(C)C)N(C)CCc1ccc(OC)c(OC)c1.I. The van der Waals surface area contributed by atoms with Gasteiger partial charge < -0.3 is 24.6 Å². The number of aliphatic imine (C=N–C) groups is 1. The summed E-state index contributed by atoms with van der Waals surface area (Å²) in [4.78, 5) is 8.94. The van der Waals surface area contributed by atoms with Gasteiger partial charge in [0, 0.05) is 33.2 Å². The zero-order valence-corrected chi connectivity index (χ0v) is 19.8. The summed E-state index contributed by atoms with van der Waals surface area (Å²) in [6, 6.07) is 6.66. The molecule has 0 bridgehead atoms. The van der Waals surface area contributed by atoms with E-state index in [1.54, 1.807) is 14.2 Å². The van der Waals surface area contributed by atoms with Crippen LogP contribution < -0.4 is 14.8 Å². The molecule has 0 saturated heterocycles. The van der Waals surface area contributed by atoms with Gasteiger partial charge in [0.15, 0.2) is 17.5 Å². The molecule has 1 aromatic carbocycles. The molecule has 7 heteroatoms. The predicted molar refractivity (Wildman–Crippen MR) is 123 cm³/mol. The summed E-state index contributed by atoms with van der Waals surface area (Å²) in [6.45, 7) is 1.82. The summed E-state index contributed by atoms with van der Waals surface area (Å²) >= 11 is 0. The van der Waals surface area contributed by atoms with E-state index in [1.807, 2.05) is 19.2 Å². The van der Waals surface area contributed by atoms with Crippen LogP contribution in [0.1, 0.15) is 18.4 Å². The fourth-order valence-corrected chi connectivity index (χ4v) is 3.27. The molecule has 0 aliphatic heterocycles. The number of benzene rings is 1. The Labute approximate surface area is 181 Å². The van der Waals surface area contributed by atoms with Gasteiger partial charge in [-0.15, -0.1) is 24.0 Å². The van der Waals surface area contributed by atoms with Crippen molar-refractivity contribution < 1.29 is 9.47 Å². The molecule has 1 aromatic rings. The minimum Gasteiger partial charge on any atom is -0.493 e. The van der Waals surface area contributed by atoms with E-state index in [-0.39, 0.29) is 24.0 Å². The van der Waals surface area contributed by atoms with Gasteiger partial charge in [-0.2, -0.15) is 0 Å². The molecule has 6 nitrogen and oxygen atoms in total. The summed E-state index contributed by atoms with van der Waals surface area (Å²) < 4.78 is 10.7. The molecule has 1 N–H and O–H groups in total. The molecule has 1 atom stereocenters. The first-order valence-electron chi connectivity index (χ1n) is 9.29. The van der Waals surface area contributed by atoms with Crippen LogP contribution in [-0.4, -0.2) is 77.3 Å². The number of hydrogen-bond donors (Lipinski definition) is 1. The van der Waals surface area contributed by atoms with Crippen molar-refractivity contribution in [1.82, 2.24) is 15.1 Å². The second-order valence-corrected chi connectivity index (χ2v) is 7.16. The van der Waals surface area contributed by atoms with E-state index in [0.717, 1.165) is 42.9 Å². The monoisotopic (exact) mass is 490 g/mol. The fourth-order valence-electron chi connectivity index (χ4n) is 3.27. The van der Waals surface area contributed by atoms with Crippen molar-refractivity contribution in [3.05, 3.63) is 23.8 Å². The number of methoxy groups -OCH3 is 2. The average molecular weight is 490 g/mol. The first-order valence-corrected chi connectivity index (χ1v) is 9.29. The smallest absolute Gasteiger partial charge is 0.193 e. The van der Waals surface area contributed by atoms with E-state index in [0.29, 0.717) is 6.04 Å². The molecular formula is C20H35IN4O2. The number of ether oxygens (including phenoxy) is 2. The third kappa shape index (κ3) is 7.03. The maximum absolute atomic E-state index is 5.39. The highest BCUT2D eigenvalue weighted by atomic mass is 127. The maximum Gasteiger partial charge on any atom is 0.193 e. The number of hydrogen-bond acceptors (Lipinski definition) is 4. The zero-order valence-electron chi connectivity index (χ0n) is 17.5. The van der Waals surface area contributed by atoms with Crippen molar-refractivity contribution in [1.29, 1.82) is 0 Å². The number of nitrogens with zero attached hydrogens (tertiary/aromatic N) is 3. The van der Waals surface area contributed by atoms with Gasteiger partial charge in [-0.3, -0.25) is 4.99 Å². The number of guanidine groups is 1. The van der Waals surface area contributed by atoms with E-state index in [4.69, 9.17) is 9.47 Å². The lowest BCUT2D eigenvalue weighted by Gasteiger charge is -2.28. The van der Waals surface area contributed by atoms with Crippen LogP contribution in [-0.2, 0) is 6.42 Å². The van der Waals surface area contributed by atoms with Crippen LogP contribution in [0, 0.1) is 5.92 Å². The molecule has 0 aromatic heterocycles. The molecule has 1 saturated carbocycles. The van der Waals surface area contributed by atoms with Gasteiger partial charge in [-0.05, 0) is 57.0 Å². The van der Waals surface area contributed by atoms with Crippen molar-refractivity contribution in [3.63, 3.8) is 0 Å². The zero-order chi connectivity index (χ0) is 19.1. The predicted octanol–water partition coefficient (Wildman–Crippen LogP) is 2.71. The first-order chi connectivity index (χ1) is 12.5. The Morgan fingerprint density at radius 3 is 2.37 bits per heavy atom. The first kappa shape index (κ1) is 23.8. The number of nitrogens with one attached hydrogen (secondary N) is 1. The van der Waals surface area contributed by atoms with Gasteiger partial charge in [-0.1, -0.05) is 6.07 Å². The van der Waals surface area contributed by atoms with Crippen molar-refractivity contribution in [2.45, 2.75) is 25.3 Å². The van der Waals surface area contributed by atoms with Crippen LogP contribution in [0.3, 0.4) is 0 Å². The quantitative estimate of drug-likeness (QED) is 0.328. The Morgan fingerprint density at radius 1 is 1.19 bits per heavy atom. The Kier molecular flexibility index (Phi) is 10.2. The van der Waals surface area contributed by atoms with Crippen molar-refractivity contribution in [2.24, 2.45) is 10.9 Å². The van der Waals surface area contributed by atoms with Crippen LogP contribution in [0.2, 0.25) is 0 Å². The van der Waals surface area contributed by atoms with Crippen molar-refractivity contribution in [3.8, 4) is 11.5 Å². The third-order valence-electron chi connectivity index (χ3n) is 5.06. The van der Waals surface area contributed by atoms with E-state index < -0.39 is 0 Å². The minimum absolute atomic E-state index is 0. The molecule has 27 heavy (non-hydrogen) atoms. The summed E-state index contributed by atoms with van der Waals surface area (Å²) in [7, 11) is 11.6. The van der Waals surface area contributed by atoms with Gasteiger partial charge in [-0.25, -0.2) is 0 Å². The molecule has 2 rings (SSSR count). The maximum atomic E-state index is 5.39. The van der Waals surface area contributed by atoms with E-state index in [9.17, 15) is 0 Å². The minimum atomic E-state index is 0. The van der Waals surface area contributed by atoms with Crippen molar-refractivity contribution in [2.75, 3.05) is 55.5 Å². The molecule has 1 fully saturated rings. The largest absolute Gasteiger partial charge is 0.493 e. The molecule has 1 aliphatic carbocycles. The van der Waals surface area contributed by atoms with Gasteiger partial charge in [0.1, 0.15) is 0 Å². The van der Waals surface area contributed by atoms with Gasteiger partial charge in [0.05, 0.1) is 14.2 Å². The second kappa shape index (κ2) is 11.6. The van der Waals surface area contributed by atoms with Crippen LogP contribution in [0.4, 0.5) is 0 Å². The van der Waals surface area contributed by atoms with Crippen LogP contribution in [0.15, 0.2) is 23.2 Å². The molecular weight excluding hydrogens is 455 g/mol. The molecule has 154 valence electrons. The normalized spacial score (nSPS) is 15.1. The second-order valence-electron chi connectivity index (χ2n) is 7.16. The molecule has 0 heterocycles. The highest BCUT2D eigenvalue weighted by Crippen LogP contribution is 2.34. The molecule has 1 aliphatic rings. The summed E-state index contributed by atoms with van der Waals surface area (Å²) in [5.41, 5.74) is 1.22. The Balaban J connectivity index is 0.00000364. The average Bonchev–Trinajstić information content (AvgIpc) is 3.47. The fraction of sp³-hybridized carbons (Fsp3) is 0.650. The lowest BCUT2D eigenvalue weighted by Crippen LogP contribution is -2.47. The Morgan fingerprint density at radius 2 is 1.85 bits per heavy atom. The highest BCUT2D eigenvalue weighted by molar-refractivity contribution is 14.0. The van der Waals surface area contributed by atoms with E-state index >= 15 is 0 Å². The number of halogens is 1. The van der Waals surface area contributed by atoms with Gasteiger partial charge >= 0.3 is 0 Å². The van der Waals surface area contributed by atoms with Crippen LogP contribution >= 0.6 is 24.0 Å². The third-order valence-corrected chi connectivity index (χ3v) is 5.06. The molecule has 0 spiro atoms. The van der Waals surface area contributed by atoms with Crippen LogP contribution in [0.5, 0.6) is 11.5 Å². The lowest BCUT2D eigenvalue weighted by molar-refractivity contribution is 0.262. The molecule has 0 radical (unpaired) electrons. The topological polar surface area (TPSA) is 49.3 Å². The van der Waals surface area contributed by atoms with Crippen molar-refractivity contribution >= 4 is 29.9 Å². The summed E-state index contributed by atoms with van der Waals surface area (Å²) in [5.74, 6) is 3.30. The number of rotatable bonds is 9. The summed E-state index contributed by atoms with van der Waals surface area (Å²) in [5, 5.41) is 3.54. The number of likely N-dealkylation sites (N-methyl/N-ethyl adjacent to an activating group) is 2. The van der Waals surface area contributed by atoms with E-state index in [1.165, 1.54) is 18.4 Å². The molecule has 0 amide bonds. The van der Waals surface area contributed by atoms with Crippen LogP contribution in [0.25, 0.3) is 0 Å². The summed E-state index contributed by atoms with van der Waals surface area (Å²) in [6.07, 6.45) is 3.60.